The van der Waals surface area contributed by atoms with Crippen molar-refractivity contribution in [3.8, 4) is 0 Å². The van der Waals surface area contributed by atoms with Crippen LogP contribution in [0.15, 0.2) is 23.1 Å². The van der Waals surface area contributed by atoms with Gasteiger partial charge in [-0.1, -0.05) is 6.08 Å². The highest BCUT2D eigenvalue weighted by atomic mass is 19.3. The number of carbonyl (C=O) groups is 3. The Bertz CT molecular complexity index is 898. The minimum Gasteiger partial charge on any atom is -0.460 e. The molecule has 0 spiro atoms. The molecular formula is C19H24F2N4O7. The van der Waals surface area contributed by atoms with E-state index in [1.54, 1.807) is 26.8 Å². The maximum Gasteiger partial charge on any atom is 0.477 e. The minimum absolute atomic E-state index is 0.0507. The number of hydrogen-bond acceptors (Lipinski definition) is 8. The van der Waals surface area contributed by atoms with Crippen molar-refractivity contribution in [3.05, 3.63) is 24.4 Å². The van der Waals surface area contributed by atoms with E-state index >= 15 is 0 Å². The van der Waals surface area contributed by atoms with E-state index in [0.717, 1.165) is 6.39 Å². The fourth-order valence-corrected chi connectivity index (χ4v) is 3.26. The zero-order valence-electron chi connectivity index (χ0n) is 18.0. The van der Waals surface area contributed by atoms with Crippen LogP contribution in [0, 0.1) is 0 Å². The number of alkyl halides is 2. The van der Waals surface area contributed by atoms with Crippen LogP contribution in [0.5, 0.6) is 0 Å². The number of fused-ring (bicyclic) bond motifs is 2. The second kappa shape index (κ2) is 8.73. The molecule has 1 fully saturated rings. The number of ether oxygens (including phenoxy) is 2. The van der Waals surface area contributed by atoms with Crippen LogP contribution >= 0.6 is 0 Å². The first-order chi connectivity index (χ1) is 14.9. The summed E-state index contributed by atoms with van der Waals surface area (Å²) in [7, 11) is 0. The molecular weight excluding hydrogens is 434 g/mol. The molecule has 32 heavy (non-hydrogen) atoms. The van der Waals surface area contributed by atoms with Gasteiger partial charge in [0.05, 0.1) is 25.4 Å². The van der Waals surface area contributed by atoms with Crippen LogP contribution in [0.2, 0.25) is 0 Å². The van der Waals surface area contributed by atoms with Crippen molar-refractivity contribution in [2.24, 2.45) is 0 Å². The number of rotatable bonds is 7. The highest BCUT2D eigenvalue weighted by Crippen LogP contribution is 2.37. The normalized spacial score (nSPS) is 20.8. The van der Waals surface area contributed by atoms with Crippen LogP contribution in [0.3, 0.4) is 0 Å². The number of alkyl carbamates (subject to hydrolysis) is 1. The van der Waals surface area contributed by atoms with Gasteiger partial charge in [0.1, 0.15) is 11.6 Å². The van der Waals surface area contributed by atoms with Crippen molar-refractivity contribution in [3.63, 3.8) is 0 Å². The summed E-state index contributed by atoms with van der Waals surface area (Å²) in [6, 6.07) is -2.65. The van der Waals surface area contributed by atoms with Crippen LogP contribution in [-0.4, -0.2) is 76.5 Å². The third-order valence-electron chi connectivity index (χ3n) is 4.52. The van der Waals surface area contributed by atoms with Crippen LogP contribution in [0.4, 0.5) is 18.4 Å². The molecule has 3 heterocycles. The molecule has 1 N–H and O–H groups in total. The molecule has 1 saturated heterocycles. The lowest BCUT2D eigenvalue weighted by Gasteiger charge is -2.29. The summed E-state index contributed by atoms with van der Waals surface area (Å²) in [5, 5.41) is 2.96. The summed E-state index contributed by atoms with van der Waals surface area (Å²) in [4.78, 5) is 46.0. The van der Waals surface area contributed by atoms with E-state index in [1.807, 2.05) is 0 Å². The Morgan fingerprint density at radius 1 is 1.34 bits per heavy atom. The van der Waals surface area contributed by atoms with E-state index in [9.17, 15) is 23.2 Å². The third kappa shape index (κ3) is 4.98. The molecule has 2 aliphatic rings. The molecule has 0 saturated carbocycles. The molecule has 1 aromatic rings. The van der Waals surface area contributed by atoms with Gasteiger partial charge in [-0.3, -0.25) is 0 Å². The smallest absolute Gasteiger partial charge is 0.460 e. The van der Waals surface area contributed by atoms with E-state index in [4.69, 9.17) is 9.15 Å². The van der Waals surface area contributed by atoms with Gasteiger partial charge in [-0.2, -0.15) is 18.7 Å². The quantitative estimate of drug-likeness (QED) is 0.617. The number of amides is 3. The minimum atomic E-state index is -4.39. The largest absolute Gasteiger partial charge is 0.477 e. The van der Waals surface area contributed by atoms with Gasteiger partial charge in [0.15, 0.2) is 12.2 Å². The second-order valence-electron chi connectivity index (χ2n) is 8.04. The number of hydrogen-bond donors (Lipinski definition) is 1. The molecule has 2 aliphatic heterocycles. The van der Waals surface area contributed by atoms with Crippen LogP contribution in [0.25, 0.3) is 5.57 Å². The van der Waals surface area contributed by atoms with Crippen molar-refractivity contribution >= 4 is 23.7 Å². The summed E-state index contributed by atoms with van der Waals surface area (Å²) in [5.41, 5.74) is -0.393. The maximum atomic E-state index is 14.2. The average Bonchev–Trinajstić information content (AvgIpc) is 3.30. The average molecular weight is 458 g/mol. The van der Waals surface area contributed by atoms with Crippen LogP contribution in [-0.2, 0) is 19.1 Å². The molecule has 0 aromatic carbocycles. The van der Waals surface area contributed by atoms with Crippen LogP contribution in [0.1, 0.15) is 33.5 Å². The molecule has 1 aromatic heterocycles. The summed E-state index contributed by atoms with van der Waals surface area (Å²) in [5.74, 6) is -1.70. The maximum absolute atomic E-state index is 14.2. The molecule has 1 unspecified atom stereocenters. The Kier molecular flexibility index (Phi) is 6.39. The Labute approximate surface area is 182 Å². The summed E-state index contributed by atoms with van der Waals surface area (Å²) in [6.07, 6.45) is -1.02. The van der Waals surface area contributed by atoms with Gasteiger partial charge < -0.3 is 24.1 Å². The topological polar surface area (TPSA) is 123 Å². The standard InChI is InChI=1S/C19H24F2N4O7/c1-5-29-15(26)19(20,21)32-25-13-9-24(17(25)28)11(6-12(13)14-8-22-10-30-14)7-23-16(27)31-18(2,3)4/h6,8,10-11,13H,5,7,9H2,1-4H3,(H,23,27)/t11?,13-/m0/s1. The number of nitrogens with one attached hydrogen (secondary N) is 1. The van der Waals surface area contributed by atoms with E-state index in [2.05, 4.69) is 19.9 Å². The van der Waals surface area contributed by atoms with Crippen molar-refractivity contribution in [2.75, 3.05) is 19.7 Å². The highest BCUT2D eigenvalue weighted by molar-refractivity contribution is 5.85. The van der Waals surface area contributed by atoms with Gasteiger partial charge in [0.2, 0.25) is 0 Å². The summed E-state index contributed by atoms with van der Waals surface area (Å²) >= 11 is 0. The number of esters is 1. The Hall–Kier alpha value is -3.22. The summed E-state index contributed by atoms with van der Waals surface area (Å²) < 4.78 is 43.2. The number of nitrogens with zero attached hydrogens (tertiary/aromatic N) is 3. The molecule has 0 radical (unpaired) electrons. The highest BCUT2D eigenvalue weighted by Gasteiger charge is 2.54. The van der Waals surface area contributed by atoms with Crippen molar-refractivity contribution in [1.82, 2.24) is 20.3 Å². The van der Waals surface area contributed by atoms with Gasteiger partial charge in [0.25, 0.3) is 0 Å². The van der Waals surface area contributed by atoms with Gasteiger partial charge in [0, 0.05) is 12.1 Å². The molecule has 3 rings (SSSR count). The number of carbonyl (C=O) groups excluding carboxylic acids is 3. The number of oxazole rings is 1. The fraction of sp³-hybridized carbons (Fsp3) is 0.579. The lowest BCUT2D eigenvalue weighted by molar-refractivity contribution is -0.325. The monoisotopic (exact) mass is 458 g/mol. The number of aromatic nitrogens is 1. The SMILES string of the molecule is CCOC(=O)C(F)(F)ON1C(=O)N2C[C@H]1C(c1cnco1)=CC2CNC(=O)OC(C)(C)C. The second-order valence-corrected chi connectivity index (χ2v) is 8.04. The fourth-order valence-electron chi connectivity index (χ4n) is 3.26. The lowest BCUT2D eigenvalue weighted by Crippen LogP contribution is -2.47. The van der Waals surface area contributed by atoms with Gasteiger partial charge in [-0.25, -0.2) is 19.4 Å². The van der Waals surface area contributed by atoms with E-state index in [0.29, 0.717) is 10.6 Å². The zero-order valence-corrected chi connectivity index (χ0v) is 18.0. The van der Waals surface area contributed by atoms with Crippen molar-refractivity contribution in [2.45, 2.75) is 51.5 Å². The predicted molar refractivity (Wildman–Crippen MR) is 103 cm³/mol. The number of urea groups is 1. The molecule has 0 aliphatic carbocycles. The Morgan fingerprint density at radius 2 is 2.06 bits per heavy atom. The zero-order chi connectivity index (χ0) is 23.7. The number of halogens is 2. The predicted octanol–water partition coefficient (Wildman–Crippen LogP) is 2.16. The van der Waals surface area contributed by atoms with E-state index < -0.39 is 41.9 Å². The molecule has 11 nitrogen and oxygen atoms in total. The first kappa shape index (κ1) is 23.4. The molecule has 176 valence electrons. The first-order valence-electron chi connectivity index (χ1n) is 9.84. The third-order valence-corrected chi connectivity index (χ3v) is 4.52. The molecule has 3 amide bonds. The van der Waals surface area contributed by atoms with Crippen molar-refractivity contribution in [1.29, 1.82) is 0 Å². The van der Waals surface area contributed by atoms with Gasteiger partial charge in [-0.05, 0) is 27.7 Å². The molecule has 13 heteroatoms. The molecule has 2 bridgehead atoms. The van der Waals surface area contributed by atoms with E-state index in [1.165, 1.54) is 18.0 Å². The van der Waals surface area contributed by atoms with Crippen LogP contribution < -0.4 is 5.32 Å². The molecule has 2 atom stereocenters. The summed E-state index contributed by atoms with van der Waals surface area (Å²) in [6.45, 7) is 6.05. The van der Waals surface area contributed by atoms with Crippen molar-refractivity contribution < 1.29 is 41.9 Å². The number of hydroxylamine groups is 2. The Balaban J connectivity index is 1.82. The van der Waals surface area contributed by atoms with Gasteiger partial charge in [-0.15, -0.1) is 0 Å². The Morgan fingerprint density at radius 3 is 2.66 bits per heavy atom. The van der Waals surface area contributed by atoms with E-state index in [-0.39, 0.29) is 25.5 Å². The lowest BCUT2D eigenvalue weighted by atomic mass is 9.98. The first-order valence-corrected chi connectivity index (χ1v) is 9.84. The van der Waals surface area contributed by atoms with Gasteiger partial charge >= 0.3 is 24.2 Å².